The Morgan fingerprint density at radius 1 is 1.41 bits per heavy atom. The molecule has 0 aliphatic carbocycles. The predicted octanol–water partition coefficient (Wildman–Crippen LogP) is 2.30. The van der Waals surface area contributed by atoms with Crippen LogP contribution < -0.4 is 16.4 Å². The minimum atomic E-state index is -0.585. The van der Waals surface area contributed by atoms with Gasteiger partial charge in [0.2, 0.25) is 11.8 Å². The van der Waals surface area contributed by atoms with Gasteiger partial charge in [0.05, 0.1) is 17.5 Å². The number of thioether (sulfide) groups is 1. The van der Waals surface area contributed by atoms with E-state index in [1.165, 1.54) is 11.8 Å². The van der Waals surface area contributed by atoms with Crippen molar-refractivity contribution in [3.05, 3.63) is 40.6 Å². The molecule has 1 atom stereocenters. The van der Waals surface area contributed by atoms with Crippen LogP contribution in [0.5, 0.6) is 0 Å². The van der Waals surface area contributed by atoms with Crippen LogP contribution in [0.1, 0.15) is 5.56 Å². The molecule has 0 spiro atoms. The molecule has 114 valence electrons. The number of benzene rings is 1. The smallest absolute Gasteiger partial charge is 0.241 e. The minimum absolute atomic E-state index is 0.00734. The molecule has 1 aromatic heterocycles. The normalized spacial score (nSPS) is 14.9. The van der Waals surface area contributed by atoms with Crippen molar-refractivity contribution in [1.29, 1.82) is 0 Å². The molecule has 1 aliphatic rings. The van der Waals surface area contributed by atoms with Crippen molar-refractivity contribution < 1.29 is 9.59 Å². The van der Waals surface area contributed by atoms with Crippen LogP contribution in [-0.4, -0.2) is 23.6 Å². The van der Waals surface area contributed by atoms with E-state index in [9.17, 15) is 9.59 Å². The van der Waals surface area contributed by atoms with Crippen LogP contribution in [0.3, 0.4) is 0 Å². The lowest BCUT2D eigenvalue weighted by Crippen LogP contribution is -2.37. The second-order valence-corrected chi connectivity index (χ2v) is 6.78. The molecule has 0 saturated heterocycles. The number of anilines is 2. The van der Waals surface area contributed by atoms with Gasteiger partial charge in [-0.2, -0.15) is 11.3 Å². The predicted molar refractivity (Wildman–Crippen MR) is 90.4 cm³/mol. The van der Waals surface area contributed by atoms with Gasteiger partial charge in [0.15, 0.2) is 0 Å². The van der Waals surface area contributed by atoms with Crippen LogP contribution >= 0.6 is 23.1 Å². The van der Waals surface area contributed by atoms with Gasteiger partial charge in [-0.15, -0.1) is 11.8 Å². The summed E-state index contributed by atoms with van der Waals surface area (Å²) < 4.78 is 0. The van der Waals surface area contributed by atoms with E-state index in [-0.39, 0.29) is 11.8 Å². The second-order valence-electron chi connectivity index (χ2n) is 4.98. The quantitative estimate of drug-likeness (QED) is 0.801. The fourth-order valence-electron chi connectivity index (χ4n) is 2.14. The number of fused-ring (bicyclic) bond motifs is 1. The summed E-state index contributed by atoms with van der Waals surface area (Å²) >= 11 is 3.05. The summed E-state index contributed by atoms with van der Waals surface area (Å²) in [5.74, 6) is 0.172. The maximum absolute atomic E-state index is 12.1. The number of hydrogen-bond acceptors (Lipinski definition) is 5. The Balaban J connectivity index is 1.65. The number of nitrogens with one attached hydrogen (secondary N) is 2. The van der Waals surface area contributed by atoms with E-state index < -0.39 is 6.04 Å². The Morgan fingerprint density at radius 2 is 2.27 bits per heavy atom. The SMILES string of the molecule is NC(Cc1ccsc1)C(=O)Nc1ccc2c(c1)SCC(=O)N2. The topological polar surface area (TPSA) is 84.2 Å². The highest BCUT2D eigenvalue weighted by Crippen LogP contribution is 2.33. The number of carbonyl (C=O) groups is 2. The molecule has 2 aromatic rings. The standard InChI is InChI=1S/C15H15N3O2S2/c16-11(5-9-3-4-21-7-9)15(20)17-10-1-2-12-13(6-10)22-8-14(19)18-12/h1-4,6-7,11H,5,8,16H2,(H,17,20)(H,18,19). The summed E-state index contributed by atoms with van der Waals surface area (Å²) in [5.41, 5.74) is 8.48. The molecule has 0 saturated carbocycles. The second kappa shape index (κ2) is 6.51. The van der Waals surface area contributed by atoms with Gasteiger partial charge in [-0.05, 0) is 47.0 Å². The van der Waals surface area contributed by atoms with Gasteiger partial charge in [-0.1, -0.05) is 0 Å². The Hall–Kier alpha value is -1.83. The summed E-state index contributed by atoms with van der Waals surface area (Å²) in [6, 6.07) is 6.79. The van der Waals surface area contributed by atoms with Crippen LogP contribution in [0.4, 0.5) is 11.4 Å². The zero-order valence-corrected chi connectivity index (χ0v) is 13.3. The largest absolute Gasteiger partial charge is 0.325 e. The summed E-state index contributed by atoms with van der Waals surface area (Å²) in [6.45, 7) is 0. The van der Waals surface area contributed by atoms with Crippen molar-refractivity contribution in [2.45, 2.75) is 17.4 Å². The van der Waals surface area contributed by atoms with Gasteiger partial charge >= 0.3 is 0 Å². The first-order chi connectivity index (χ1) is 10.6. The van der Waals surface area contributed by atoms with E-state index in [0.29, 0.717) is 17.9 Å². The molecule has 5 nitrogen and oxygen atoms in total. The Bertz CT molecular complexity index is 701. The highest BCUT2D eigenvalue weighted by atomic mass is 32.2. The molecule has 4 N–H and O–H groups in total. The van der Waals surface area contributed by atoms with Crippen LogP contribution in [0.25, 0.3) is 0 Å². The van der Waals surface area contributed by atoms with Gasteiger partial charge in [-0.3, -0.25) is 9.59 Å². The first kappa shape index (κ1) is 15.1. The van der Waals surface area contributed by atoms with E-state index in [2.05, 4.69) is 10.6 Å². The van der Waals surface area contributed by atoms with Crippen molar-refractivity contribution in [1.82, 2.24) is 0 Å². The molecule has 0 fully saturated rings. The van der Waals surface area contributed by atoms with E-state index in [4.69, 9.17) is 5.73 Å². The minimum Gasteiger partial charge on any atom is -0.325 e. The van der Waals surface area contributed by atoms with Crippen LogP contribution in [0.2, 0.25) is 0 Å². The fourth-order valence-corrected chi connectivity index (χ4v) is 3.67. The number of rotatable bonds is 4. The third-order valence-corrected chi connectivity index (χ3v) is 5.04. The van der Waals surface area contributed by atoms with Crippen LogP contribution in [0.15, 0.2) is 39.9 Å². The van der Waals surface area contributed by atoms with Crippen LogP contribution in [0, 0.1) is 0 Å². The fraction of sp³-hybridized carbons (Fsp3) is 0.200. The summed E-state index contributed by atoms with van der Waals surface area (Å²) in [5, 5.41) is 9.58. The van der Waals surface area contributed by atoms with Gasteiger partial charge in [0.1, 0.15) is 0 Å². The van der Waals surface area contributed by atoms with Crippen molar-refractivity contribution in [3.63, 3.8) is 0 Å². The molecule has 2 amide bonds. The molecule has 2 heterocycles. The summed E-state index contributed by atoms with van der Waals surface area (Å²) in [4.78, 5) is 24.4. The molecular formula is C15H15N3O2S2. The Kier molecular flexibility index (Phi) is 4.47. The highest BCUT2D eigenvalue weighted by molar-refractivity contribution is 8.00. The summed E-state index contributed by atoms with van der Waals surface area (Å²) in [6.07, 6.45) is 0.519. The molecule has 1 aliphatic heterocycles. The molecule has 7 heteroatoms. The first-order valence-electron chi connectivity index (χ1n) is 6.76. The van der Waals surface area contributed by atoms with Gasteiger partial charge in [0.25, 0.3) is 0 Å². The molecule has 0 bridgehead atoms. The lowest BCUT2D eigenvalue weighted by Gasteiger charge is -2.18. The molecular weight excluding hydrogens is 318 g/mol. The third-order valence-electron chi connectivity index (χ3n) is 3.25. The number of nitrogens with two attached hydrogens (primary N) is 1. The number of carbonyl (C=O) groups excluding carboxylic acids is 2. The highest BCUT2D eigenvalue weighted by Gasteiger charge is 2.18. The van der Waals surface area contributed by atoms with Crippen molar-refractivity contribution >= 4 is 46.3 Å². The number of hydrogen-bond donors (Lipinski definition) is 3. The monoisotopic (exact) mass is 333 g/mol. The van der Waals surface area contributed by atoms with Gasteiger partial charge in [-0.25, -0.2) is 0 Å². The average Bonchev–Trinajstić information content (AvgIpc) is 3.00. The average molecular weight is 333 g/mol. The lowest BCUT2D eigenvalue weighted by atomic mass is 10.1. The van der Waals surface area contributed by atoms with E-state index in [0.717, 1.165) is 16.1 Å². The maximum atomic E-state index is 12.1. The van der Waals surface area contributed by atoms with Crippen LogP contribution in [-0.2, 0) is 16.0 Å². The maximum Gasteiger partial charge on any atom is 0.241 e. The van der Waals surface area contributed by atoms with Gasteiger partial charge < -0.3 is 16.4 Å². The van der Waals surface area contributed by atoms with E-state index >= 15 is 0 Å². The van der Waals surface area contributed by atoms with Crippen molar-refractivity contribution in [2.75, 3.05) is 16.4 Å². The van der Waals surface area contributed by atoms with E-state index in [1.807, 2.05) is 22.9 Å². The molecule has 3 rings (SSSR count). The summed E-state index contributed by atoms with van der Waals surface area (Å²) in [7, 11) is 0. The number of thiophene rings is 1. The number of amides is 2. The molecule has 1 aromatic carbocycles. The molecule has 1 unspecified atom stereocenters. The zero-order chi connectivity index (χ0) is 15.5. The zero-order valence-electron chi connectivity index (χ0n) is 11.7. The van der Waals surface area contributed by atoms with Crippen molar-refractivity contribution in [3.8, 4) is 0 Å². The Morgan fingerprint density at radius 3 is 3.05 bits per heavy atom. The van der Waals surface area contributed by atoms with E-state index in [1.54, 1.807) is 23.5 Å². The first-order valence-corrected chi connectivity index (χ1v) is 8.69. The van der Waals surface area contributed by atoms with Crippen molar-refractivity contribution in [2.24, 2.45) is 5.73 Å². The Labute approximate surface area is 136 Å². The molecule has 0 radical (unpaired) electrons. The lowest BCUT2D eigenvalue weighted by molar-refractivity contribution is -0.117. The molecule has 22 heavy (non-hydrogen) atoms. The third kappa shape index (κ3) is 3.49. The van der Waals surface area contributed by atoms with Gasteiger partial charge in [0, 0.05) is 10.6 Å².